The maximum absolute atomic E-state index is 12.0. The van der Waals surface area contributed by atoms with Crippen molar-refractivity contribution in [3.8, 4) is 5.75 Å². The Bertz CT molecular complexity index is 736. The fourth-order valence-electron chi connectivity index (χ4n) is 1.93. The highest BCUT2D eigenvalue weighted by molar-refractivity contribution is 5.97. The van der Waals surface area contributed by atoms with Crippen molar-refractivity contribution in [2.45, 2.75) is 0 Å². The van der Waals surface area contributed by atoms with E-state index in [2.05, 4.69) is 9.97 Å². The molecule has 3 rings (SSSR count). The summed E-state index contributed by atoms with van der Waals surface area (Å²) in [4.78, 5) is 20.3. The molecule has 20 heavy (non-hydrogen) atoms. The van der Waals surface area contributed by atoms with Crippen LogP contribution in [0, 0.1) is 0 Å². The van der Waals surface area contributed by atoms with Gasteiger partial charge in [-0.2, -0.15) is 0 Å². The van der Waals surface area contributed by atoms with Crippen LogP contribution in [0.15, 0.2) is 60.9 Å². The Labute approximate surface area is 116 Å². The van der Waals surface area contributed by atoms with E-state index in [4.69, 9.17) is 4.74 Å². The molecule has 0 fully saturated rings. The zero-order valence-corrected chi connectivity index (χ0v) is 10.7. The van der Waals surface area contributed by atoms with Crippen LogP contribution < -0.4 is 4.74 Å². The average Bonchev–Trinajstić information content (AvgIpc) is 2.53. The van der Waals surface area contributed by atoms with Gasteiger partial charge in [-0.05, 0) is 18.2 Å². The van der Waals surface area contributed by atoms with Crippen molar-refractivity contribution in [1.82, 2.24) is 9.97 Å². The van der Waals surface area contributed by atoms with Crippen LogP contribution in [0.2, 0.25) is 0 Å². The van der Waals surface area contributed by atoms with Crippen LogP contribution in [0.1, 0.15) is 10.4 Å². The molecule has 0 radical (unpaired) electrons. The van der Waals surface area contributed by atoms with Crippen LogP contribution in [-0.4, -0.2) is 22.4 Å². The lowest BCUT2D eigenvalue weighted by Gasteiger charge is -2.07. The summed E-state index contributed by atoms with van der Waals surface area (Å²) in [5, 5.41) is 0.802. The highest BCUT2D eigenvalue weighted by Crippen LogP contribution is 2.21. The van der Waals surface area contributed by atoms with E-state index in [1.54, 1.807) is 30.6 Å². The van der Waals surface area contributed by atoms with Gasteiger partial charge in [0.05, 0.1) is 5.39 Å². The molecule has 2 aromatic heterocycles. The maximum Gasteiger partial charge on any atom is 0.200 e. The fraction of sp³-hybridized carbons (Fsp3) is 0.0625. The first-order valence-corrected chi connectivity index (χ1v) is 6.25. The number of ether oxygens (including phenoxy) is 1. The maximum atomic E-state index is 12.0. The first kappa shape index (κ1) is 12.3. The van der Waals surface area contributed by atoms with Gasteiger partial charge in [0.25, 0.3) is 0 Å². The van der Waals surface area contributed by atoms with E-state index in [1.807, 2.05) is 30.3 Å². The number of hydrogen-bond acceptors (Lipinski definition) is 4. The number of carbonyl (C=O) groups is 1. The summed E-state index contributed by atoms with van der Waals surface area (Å²) >= 11 is 0. The van der Waals surface area contributed by atoms with E-state index in [9.17, 15) is 4.79 Å². The molecule has 1 aromatic carbocycles. The second kappa shape index (κ2) is 5.48. The van der Waals surface area contributed by atoms with E-state index in [1.165, 1.54) is 0 Å². The van der Waals surface area contributed by atoms with Gasteiger partial charge in [-0.15, -0.1) is 0 Å². The molecule has 0 atom stereocenters. The minimum Gasteiger partial charge on any atom is -0.485 e. The molecule has 0 saturated heterocycles. The summed E-state index contributed by atoms with van der Waals surface area (Å²) in [6.45, 7) is -0.00196. The average molecular weight is 264 g/mol. The number of ketones is 1. The van der Waals surface area contributed by atoms with Crippen LogP contribution in [-0.2, 0) is 0 Å². The Morgan fingerprint density at radius 3 is 2.60 bits per heavy atom. The van der Waals surface area contributed by atoms with Gasteiger partial charge >= 0.3 is 0 Å². The smallest absolute Gasteiger partial charge is 0.200 e. The molecule has 0 amide bonds. The van der Waals surface area contributed by atoms with Crippen LogP contribution in [0.3, 0.4) is 0 Å². The predicted molar refractivity (Wildman–Crippen MR) is 75.8 cm³/mol. The van der Waals surface area contributed by atoms with Gasteiger partial charge in [0.1, 0.15) is 5.75 Å². The lowest BCUT2D eigenvalue weighted by atomic mass is 10.1. The summed E-state index contributed by atoms with van der Waals surface area (Å²) < 4.78 is 5.61. The molecule has 0 aliphatic carbocycles. The summed E-state index contributed by atoms with van der Waals surface area (Å²) in [5.41, 5.74) is 1.25. The number of hydrogen-bond donors (Lipinski definition) is 0. The molecular formula is C16H12N2O2. The number of benzene rings is 1. The minimum absolute atomic E-state index is 0.00196. The molecule has 4 heteroatoms. The number of pyridine rings is 2. The Morgan fingerprint density at radius 2 is 1.75 bits per heavy atom. The highest BCUT2D eigenvalue weighted by Gasteiger charge is 2.08. The number of nitrogens with zero attached hydrogens (tertiary/aromatic N) is 2. The van der Waals surface area contributed by atoms with Crippen molar-refractivity contribution in [1.29, 1.82) is 0 Å². The lowest BCUT2D eigenvalue weighted by Crippen LogP contribution is -2.11. The van der Waals surface area contributed by atoms with E-state index >= 15 is 0 Å². The molecule has 0 bridgehead atoms. The first-order valence-electron chi connectivity index (χ1n) is 6.25. The third-order valence-electron chi connectivity index (χ3n) is 2.93. The van der Waals surface area contributed by atoms with Crippen molar-refractivity contribution >= 4 is 16.8 Å². The fourth-order valence-corrected chi connectivity index (χ4v) is 1.93. The number of Topliss-reactive ketones (excluding diaryl/α,β-unsaturated/α-hetero) is 1. The zero-order valence-electron chi connectivity index (χ0n) is 10.7. The zero-order chi connectivity index (χ0) is 13.8. The third kappa shape index (κ3) is 2.49. The molecule has 4 nitrogen and oxygen atoms in total. The normalized spacial score (nSPS) is 10.4. The first-order chi connectivity index (χ1) is 9.84. The number of carbonyl (C=O) groups excluding carboxylic acids is 1. The van der Waals surface area contributed by atoms with Gasteiger partial charge in [0.15, 0.2) is 18.0 Å². The Morgan fingerprint density at radius 1 is 0.950 bits per heavy atom. The molecule has 0 unspecified atom stereocenters. The molecule has 2 heterocycles. The van der Waals surface area contributed by atoms with Gasteiger partial charge in [-0.1, -0.05) is 30.3 Å². The summed E-state index contributed by atoms with van der Waals surface area (Å²) in [6.07, 6.45) is 3.30. The van der Waals surface area contributed by atoms with Gasteiger partial charge in [0, 0.05) is 18.0 Å². The van der Waals surface area contributed by atoms with Crippen LogP contribution in [0.5, 0.6) is 5.75 Å². The molecule has 0 N–H and O–H groups in total. The quantitative estimate of drug-likeness (QED) is 0.680. The van der Waals surface area contributed by atoms with Crippen molar-refractivity contribution in [2.24, 2.45) is 0 Å². The van der Waals surface area contributed by atoms with Crippen molar-refractivity contribution in [3.05, 3.63) is 66.5 Å². The van der Waals surface area contributed by atoms with Gasteiger partial charge in [-0.25, -0.2) is 9.97 Å². The molecule has 3 aromatic rings. The van der Waals surface area contributed by atoms with Crippen LogP contribution >= 0.6 is 0 Å². The van der Waals surface area contributed by atoms with E-state index in [0.717, 1.165) is 5.39 Å². The highest BCUT2D eigenvalue weighted by atomic mass is 16.5. The standard InChI is InChI=1S/C16H12N2O2/c19-14(12-5-2-1-3-6-12)11-20-15-8-10-18-16-13(15)7-4-9-17-16/h1-10H,11H2. The van der Waals surface area contributed by atoms with Gasteiger partial charge in [-0.3, -0.25) is 4.79 Å². The number of fused-ring (bicyclic) bond motifs is 1. The lowest BCUT2D eigenvalue weighted by molar-refractivity contribution is 0.0922. The van der Waals surface area contributed by atoms with Crippen LogP contribution in [0.25, 0.3) is 11.0 Å². The van der Waals surface area contributed by atoms with E-state index < -0.39 is 0 Å². The summed E-state index contributed by atoms with van der Waals surface area (Å²) in [5.74, 6) is 0.562. The molecule has 98 valence electrons. The predicted octanol–water partition coefficient (Wildman–Crippen LogP) is 2.89. The topological polar surface area (TPSA) is 52.1 Å². The van der Waals surface area contributed by atoms with Crippen LogP contribution in [0.4, 0.5) is 0 Å². The Kier molecular flexibility index (Phi) is 3.37. The SMILES string of the molecule is O=C(COc1ccnc2ncccc12)c1ccccc1. The Balaban J connectivity index is 1.79. The van der Waals surface area contributed by atoms with Crippen molar-refractivity contribution in [2.75, 3.05) is 6.61 Å². The largest absolute Gasteiger partial charge is 0.485 e. The summed E-state index contributed by atoms with van der Waals surface area (Å²) in [7, 11) is 0. The second-order valence-electron chi connectivity index (χ2n) is 4.26. The van der Waals surface area contributed by atoms with Crippen molar-refractivity contribution in [3.63, 3.8) is 0 Å². The van der Waals surface area contributed by atoms with Crippen molar-refractivity contribution < 1.29 is 9.53 Å². The molecule has 0 aliphatic rings. The number of aromatic nitrogens is 2. The van der Waals surface area contributed by atoms with Gasteiger partial charge in [0.2, 0.25) is 0 Å². The Hall–Kier alpha value is -2.75. The summed E-state index contributed by atoms with van der Waals surface area (Å²) in [6, 6.07) is 14.5. The third-order valence-corrected chi connectivity index (χ3v) is 2.93. The molecule has 0 saturated carbocycles. The minimum atomic E-state index is -0.0561. The molecule has 0 spiro atoms. The monoisotopic (exact) mass is 264 g/mol. The number of rotatable bonds is 4. The van der Waals surface area contributed by atoms with E-state index in [0.29, 0.717) is 17.0 Å². The molecular weight excluding hydrogens is 252 g/mol. The van der Waals surface area contributed by atoms with E-state index in [-0.39, 0.29) is 12.4 Å². The van der Waals surface area contributed by atoms with Gasteiger partial charge < -0.3 is 4.74 Å². The second-order valence-corrected chi connectivity index (χ2v) is 4.26. The molecule has 0 aliphatic heterocycles.